The number of nitrogens with one attached hydrogen (secondary N) is 1. The first-order valence-electron chi connectivity index (χ1n) is 4.87. The molecule has 5 heteroatoms. The molecule has 0 radical (unpaired) electrons. The molecule has 1 atom stereocenters. The SMILES string of the molecule is CCNP1(=S)OCCCN1C(C)C. The maximum Gasteiger partial charge on any atom is 0.200 e. The van der Waals surface area contributed by atoms with E-state index in [0.29, 0.717) is 6.04 Å². The summed E-state index contributed by atoms with van der Waals surface area (Å²) in [6.45, 7) is 7.33. The molecule has 1 rings (SSSR count). The van der Waals surface area contributed by atoms with Crippen molar-refractivity contribution in [3.05, 3.63) is 0 Å². The van der Waals surface area contributed by atoms with Crippen molar-refractivity contribution in [1.82, 2.24) is 9.76 Å². The van der Waals surface area contributed by atoms with Gasteiger partial charge < -0.3 is 4.52 Å². The Morgan fingerprint density at radius 3 is 2.85 bits per heavy atom. The smallest absolute Gasteiger partial charge is 0.200 e. The molecule has 0 aromatic carbocycles. The van der Waals surface area contributed by atoms with Crippen molar-refractivity contribution < 1.29 is 4.52 Å². The first kappa shape index (κ1) is 11.6. The van der Waals surface area contributed by atoms with Crippen molar-refractivity contribution in [2.45, 2.75) is 33.2 Å². The Labute approximate surface area is 86.0 Å². The van der Waals surface area contributed by atoms with Gasteiger partial charge >= 0.3 is 0 Å². The van der Waals surface area contributed by atoms with Gasteiger partial charge in [-0.2, -0.15) is 0 Å². The van der Waals surface area contributed by atoms with Gasteiger partial charge in [0, 0.05) is 12.6 Å². The zero-order valence-corrected chi connectivity index (χ0v) is 10.3. The standard InChI is InChI=1S/C8H19N2OPS/c1-4-9-12(13)10(8(2)3)6-5-7-11-12/h8H,4-7H2,1-3H3,(H,9,13). The minimum absolute atomic E-state index is 0.477. The van der Waals surface area contributed by atoms with Crippen molar-refractivity contribution in [2.75, 3.05) is 19.7 Å². The lowest BCUT2D eigenvalue weighted by Crippen LogP contribution is -2.38. The zero-order chi connectivity index (χ0) is 9.90. The van der Waals surface area contributed by atoms with Crippen LogP contribution in [0.3, 0.4) is 0 Å². The predicted molar refractivity (Wildman–Crippen MR) is 60.4 cm³/mol. The minimum Gasteiger partial charge on any atom is -0.327 e. The van der Waals surface area contributed by atoms with E-state index < -0.39 is 6.57 Å². The van der Waals surface area contributed by atoms with E-state index >= 15 is 0 Å². The van der Waals surface area contributed by atoms with E-state index in [1.54, 1.807) is 0 Å². The van der Waals surface area contributed by atoms with Gasteiger partial charge in [0.2, 0.25) is 6.57 Å². The molecule has 1 aliphatic heterocycles. The molecule has 13 heavy (non-hydrogen) atoms. The lowest BCUT2D eigenvalue weighted by molar-refractivity contribution is 0.214. The first-order chi connectivity index (χ1) is 6.10. The summed E-state index contributed by atoms with van der Waals surface area (Å²) in [5.74, 6) is 0. The number of rotatable bonds is 3. The fraction of sp³-hybridized carbons (Fsp3) is 1.00. The van der Waals surface area contributed by atoms with Gasteiger partial charge in [0.15, 0.2) is 0 Å². The van der Waals surface area contributed by atoms with E-state index in [1.165, 1.54) is 0 Å². The molecule has 0 aromatic rings. The van der Waals surface area contributed by atoms with E-state index in [9.17, 15) is 0 Å². The summed E-state index contributed by atoms with van der Waals surface area (Å²) < 4.78 is 8.02. The quantitative estimate of drug-likeness (QED) is 0.738. The monoisotopic (exact) mass is 222 g/mol. The maximum absolute atomic E-state index is 5.72. The average Bonchev–Trinajstić information content (AvgIpc) is 2.04. The highest BCUT2D eigenvalue weighted by Crippen LogP contribution is 2.50. The van der Waals surface area contributed by atoms with Crippen LogP contribution in [0.4, 0.5) is 0 Å². The molecular formula is C8H19N2OPS. The van der Waals surface area contributed by atoms with E-state index in [2.05, 4.69) is 30.5 Å². The molecule has 0 aromatic heterocycles. The second-order valence-corrected chi connectivity index (χ2v) is 7.09. The minimum atomic E-state index is -1.86. The summed E-state index contributed by atoms with van der Waals surface area (Å²) >= 11 is 5.55. The topological polar surface area (TPSA) is 24.5 Å². The van der Waals surface area contributed by atoms with Crippen LogP contribution in [0.25, 0.3) is 0 Å². The number of hydrogen-bond acceptors (Lipinski definition) is 2. The van der Waals surface area contributed by atoms with Crippen molar-refractivity contribution in [1.29, 1.82) is 0 Å². The summed E-state index contributed by atoms with van der Waals surface area (Å²) in [4.78, 5) is 0. The maximum atomic E-state index is 5.72. The molecule has 0 aliphatic carbocycles. The lowest BCUT2D eigenvalue weighted by Gasteiger charge is -2.40. The van der Waals surface area contributed by atoms with Crippen LogP contribution in [0.1, 0.15) is 27.2 Å². The summed E-state index contributed by atoms with van der Waals surface area (Å²) in [5.41, 5.74) is 0. The molecule has 0 bridgehead atoms. The Kier molecular flexibility index (Phi) is 4.33. The zero-order valence-electron chi connectivity index (χ0n) is 8.62. The van der Waals surface area contributed by atoms with Gasteiger partial charge in [-0.25, -0.2) is 4.67 Å². The Morgan fingerprint density at radius 1 is 1.62 bits per heavy atom. The van der Waals surface area contributed by atoms with Crippen molar-refractivity contribution in [3.8, 4) is 0 Å². The molecule has 0 amide bonds. The Bertz CT molecular complexity index is 204. The Morgan fingerprint density at radius 2 is 2.31 bits per heavy atom. The second-order valence-electron chi connectivity index (χ2n) is 3.48. The molecule has 0 saturated carbocycles. The van der Waals surface area contributed by atoms with Crippen molar-refractivity contribution >= 4 is 18.4 Å². The Balaban J connectivity index is 2.71. The molecule has 1 unspecified atom stereocenters. The lowest BCUT2D eigenvalue weighted by atomic mass is 10.3. The van der Waals surface area contributed by atoms with Gasteiger partial charge in [0.25, 0.3) is 0 Å². The summed E-state index contributed by atoms with van der Waals surface area (Å²) in [5, 5.41) is 3.32. The third kappa shape index (κ3) is 2.74. The number of hydrogen-bond donors (Lipinski definition) is 1. The summed E-state index contributed by atoms with van der Waals surface area (Å²) in [6, 6.07) is 0.477. The van der Waals surface area contributed by atoms with Crippen LogP contribution in [0.2, 0.25) is 0 Å². The van der Waals surface area contributed by atoms with Gasteiger partial charge in [-0.3, -0.25) is 5.09 Å². The third-order valence-corrected chi connectivity index (χ3v) is 6.01. The third-order valence-electron chi connectivity index (χ3n) is 2.09. The fourth-order valence-corrected chi connectivity index (χ4v) is 5.15. The van der Waals surface area contributed by atoms with E-state index in [4.69, 9.17) is 16.3 Å². The highest BCUT2D eigenvalue weighted by atomic mass is 32.5. The molecule has 0 spiro atoms. The fourth-order valence-electron chi connectivity index (χ4n) is 1.52. The van der Waals surface area contributed by atoms with E-state index in [0.717, 1.165) is 26.1 Å². The number of nitrogens with zero attached hydrogens (tertiary/aromatic N) is 1. The van der Waals surface area contributed by atoms with Gasteiger partial charge in [0.05, 0.1) is 6.61 Å². The van der Waals surface area contributed by atoms with Crippen molar-refractivity contribution in [3.63, 3.8) is 0 Å². The predicted octanol–water partition coefficient (Wildman–Crippen LogP) is 1.95. The molecular weight excluding hydrogens is 203 g/mol. The van der Waals surface area contributed by atoms with Crippen LogP contribution >= 0.6 is 6.57 Å². The van der Waals surface area contributed by atoms with E-state index in [1.807, 2.05) is 0 Å². The Hall–Kier alpha value is 0.530. The molecule has 1 N–H and O–H groups in total. The highest BCUT2D eigenvalue weighted by molar-refractivity contribution is 8.10. The average molecular weight is 222 g/mol. The van der Waals surface area contributed by atoms with Crippen molar-refractivity contribution in [2.24, 2.45) is 0 Å². The normalized spacial score (nSPS) is 31.1. The first-order valence-corrected chi connectivity index (χ1v) is 7.54. The van der Waals surface area contributed by atoms with Gasteiger partial charge in [-0.15, -0.1) is 0 Å². The molecule has 1 saturated heterocycles. The van der Waals surface area contributed by atoms with E-state index in [-0.39, 0.29) is 0 Å². The van der Waals surface area contributed by atoms with Gasteiger partial charge in [-0.05, 0) is 38.6 Å². The van der Waals surface area contributed by atoms with Gasteiger partial charge in [-0.1, -0.05) is 6.92 Å². The van der Waals surface area contributed by atoms with Crippen LogP contribution in [0.15, 0.2) is 0 Å². The second kappa shape index (κ2) is 4.85. The molecule has 1 fully saturated rings. The van der Waals surface area contributed by atoms with Crippen LogP contribution in [0, 0.1) is 0 Å². The molecule has 1 aliphatic rings. The van der Waals surface area contributed by atoms with Crippen LogP contribution in [-0.2, 0) is 16.3 Å². The highest BCUT2D eigenvalue weighted by Gasteiger charge is 2.31. The summed E-state index contributed by atoms with van der Waals surface area (Å²) in [7, 11) is 0. The van der Waals surface area contributed by atoms with Gasteiger partial charge in [0.1, 0.15) is 0 Å². The van der Waals surface area contributed by atoms with Crippen LogP contribution < -0.4 is 5.09 Å². The largest absolute Gasteiger partial charge is 0.327 e. The van der Waals surface area contributed by atoms with Crippen LogP contribution in [0.5, 0.6) is 0 Å². The molecule has 78 valence electrons. The van der Waals surface area contributed by atoms with Crippen LogP contribution in [-0.4, -0.2) is 30.4 Å². The molecule has 1 heterocycles. The molecule has 3 nitrogen and oxygen atoms in total. The summed E-state index contributed by atoms with van der Waals surface area (Å²) in [6.07, 6.45) is 1.10.